The van der Waals surface area contributed by atoms with Crippen molar-refractivity contribution in [1.29, 1.82) is 0 Å². The van der Waals surface area contributed by atoms with Gasteiger partial charge >= 0.3 is 6.09 Å². The fourth-order valence-electron chi connectivity index (χ4n) is 3.61. The average Bonchev–Trinajstić information content (AvgIpc) is 3.40. The van der Waals surface area contributed by atoms with E-state index in [1.165, 1.54) is 28.4 Å². The first-order valence-electron chi connectivity index (χ1n) is 9.40. The summed E-state index contributed by atoms with van der Waals surface area (Å²) >= 11 is 1.47. The van der Waals surface area contributed by atoms with E-state index in [9.17, 15) is 14.3 Å². The molecule has 2 aromatic heterocycles. The van der Waals surface area contributed by atoms with Crippen LogP contribution in [0.3, 0.4) is 0 Å². The van der Waals surface area contributed by atoms with Gasteiger partial charge in [-0.1, -0.05) is 12.1 Å². The second-order valence-corrected chi connectivity index (χ2v) is 7.87. The van der Waals surface area contributed by atoms with Crippen LogP contribution in [-0.4, -0.2) is 45.7 Å². The van der Waals surface area contributed by atoms with Crippen LogP contribution in [0.15, 0.2) is 53.5 Å². The normalized spacial score (nSPS) is 16.2. The Morgan fingerprint density at radius 1 is 1.21 bits per heavy atom. The molecule has 1 atom stereocenters. The number of carboxylic acid groups (broad SMARTS) is 1. The first-order valence-corrected chi connectivity index (χ1v) is 10.3. The number of hydrogen-bond acceptors (Lipinski definition) is 5. The van der Waals surface area contributed by atoms with Gasteiger partial charge in [0.25, 0.3) is 0 Å². The SMILES string of the molecule is O=C(O)N(Cc1cscn1)CC1CCN(c2ccc(-c3ccc(F)cc3)cn2)C1. The molecule has 0 aliphatic carbocycles. The first-order chi connectivity index (χ1) is 14.1. The van der Waals surface area contributed by atoms with Crippen molar-refractivity contribution in [2.45, 2.75) is 13.0 Å². The number of halogens is 1. The summed E-state index contributed by atoms with van der Waals surface area (Å²) in [7, 11) is 0. The zero-order valence-corrected chi connectivity index (χ0v) is 16.6. The summed E-state index contributed by atoms with van der Waals surface area (Å²) in [4.78, 5) is 24.0. The molecule has 1 unspecified atom stereocenters. The van der Waals surface area contributed by atoms with Gasteiger partial charge in [0.15, 0.2) is 0 Å². The average molecular weight is 412 g/mol. The van der Waals surface area contributed by atoms with Crippen molar-refractivity contribution in [3.8, 4) is 11.1 Å². The minimum absolute atomic E-state index is 0.253. The molecular formula is C21H21FN4O2S. The summed E-state index contributed by atoms with van der Waals surface area (Å²) in [6, 6.07) is 10.3. The molecule has 0 spiro atoms. The van der Waals surface area contributed by atoms with Gasteiger partial charge in [0, 0.05) is 36.8 Å². The molecule has 1 aliphatic rings. The number of rotatable bonds is 6. The van der Waals surface area contributed by atoms with Crippen LogP contribution in [0.1, 0.15) is 12.1 Å². The van der Waals surface area contributed by atoms with Crippen LogP contribution in [-0.2, 0) is 6.54 Å². The van der Waals surface area contributed by atoms with Gasteiger partial charge in [-0.05, 0) is 42.2 Å². The standard InChI is InChI=1S/C21H21FN4O2S/c22-18-4-1-16(2-5-18)17-3-6-20(23-9-17)25-8-7-15(10-25)11-26(21(27)28)12-19-13-29-14-24-19/h1-6,9,13-15H,7-8,10-12H2,(H,27,28). The van der Waals surface area contributed by atoms with E-state index >= 15 is 0 Å². The molecule has 8 heteroatoms. The Morgan fingerprint density at radius 2 is 2.00 bits per heavy atom. The van der Waals surface area contributed by atoms with Gasteiger partial charge in [-0.2, -0.15) is 0 Å². The Balaban J connectivity index is 1.37. The third-order valence-electron chi connectivity index (χ3n) is 5.12. The second kappa shape index (κ2) is 8.57. The Bertz CT molecular complexity index is 948. The van der Waals surface area contributed by atoms with Crippen LogP contribution in [0.25, 0.3) is 11.1 Å². The summed E-state index contributed by atoms with van der Waals surface area (Å²) < 4.78 is 13.1. The molecule has 1 aliphatic heterocycles. The third-order valence-corrected chi connectivity index (χ3v) is 5.76. The third kappa shape index (κ3) is 4.71. The zero-order valence-electron chi connectivity index (χ0n) is 15.7. The lowest BCUT2D eigenvalue weighted by molar-refractivity contribution is 0.134. The number of thiazole rings is 1. The quantitative estimate of drug-likeness (QED) is 0.652. The lowest BCUT2D eigenvalue weighted by Crippen LogP contribution is -2.35. The van der Waals surface area contributed by atoms with Gasteiger partial charge in [-0.3, -0.25) is 0 Å². The van der Waals surface area contributed by atoms with Crippen molar-refractivity contribution in [1.82, 2.24) is 14.9 Å². The molecule has 1 N–H and O–H groups in total. The van der Waals surface area contributed by atoms with E-state index in [0.29, 0.717) is 13.1 Å². The smallest absolute Gasteiger partial charge is 0.407 e. The van der Waals surface area contributed by atoms with Gasteiger partial charge < -0.3 is 14.9 Å². The van der Waals surface area contributed by atoms with Crippen LogP contribution in [0.4, 0.5) is 15.0 Å². The number of anilines is 1. The maximum absolute atomic E-state index is 13.1. The Morgan fingerprint density at radius 3 is 2.66 bits per heavy atom. The molecule has 1 aromatic carbocycles. The largest absolute Gasteiger partial charge is 0.465 e. The molecule has 29 heavy (non-hydrogen) atoms. The monoisotopic (exact) mass is 412 g/mol. The predicted molar refractivity (Wildman–Crippen MR) is 110 cm³/mol. The van der Waals surface area contributed by atoms with Crippen molar-refractivity contribution in [3.63, 3.8) is 0 Å². The molecule has 4 rings (SSSR count). The van der Waals surface area contributed by atoms with Gasteiger partial charge in [0.05, 0.1) is 17.7 Å². The van der Waals surface area contributed by atoms with Crippen LogP contribution in [0, 0.1) is 11.7 Å². The van der Waals surface area contributed by atoms with E-state index in [-0.39, 0.29) is 11.7 Å². The maximum Gasteiger partial charge on any atom is 0.407 e. The lowest BCUT2D eigenvalue weighted by Gasteiger charge is -2.23. The van der Waals surface area contributed by atoms with Crippen LogP contribution >= 0.6 is 11.3 Å². The highest BCUT2D eigenvalue weighted by Gasteiger charge is 2.27. The Kier molecular flexibility index (Phi) is 5.71. The topological polar surface area (TPSA) is 69.6 Å². The Labute approximate surface area is 172 Å². The van der Waals surface area contributed by atoms with E-state index in [0.717, 1.165) is 42.1 Å². The van der Waals surface area contributed by atoms with Gasteiger partial charge in [-0.25, -0.2) is 19.2 Å². The zero-order chi connectivity index (χ0) is 20.2. The molecule has 150 valence electrons. The van der Waals surface area contributed by atoms with Crippen molar-refractivity contribution >= 4 is 23.2 Å². The minimum Gasteiger partial charge on any atom is -0.465 e. The number of hydrogen-bond donors (Lipinski definition) is 1. The van der Waals surface area contributed by atoms with E-state index in [1.807, 2.05) is 17.5 Å². The number of benzene rings is 1. The van der Waals surface area contributed by atoms with Crippen LogP contribution < -0.4 is 4.90 Å². The molecular weight excluding hydrogens is 391 g/mol. The summed E-state index contributed by atoms with van der Waals surface area (Å²) in [6.07, 6.45) is 1.79. The molecule has 1 saturated heterocycles. The second-order valence-electron chi connectivity index (χ2n) is 7.16. The highest BCUT2D eigenvalue weighted by molar-refractivity contribution is 7.07. The van der Waals surface area contributed by atoms with E-state index in [1.54, 1.807) is 23.8 Å². The Hall–Kier alpha value is -3.00. The summed E-state index contributed by atoms with van der Waals surface area (Å²) in [5.41, 5.74) is 4.35. The van der Waals surface area contributed by atoms with E-state index < -0.39 is 6.09 Å². The number of carbonyl (C=O) groups is 1. The molecule has 3 heterocycles. The number of amides is 1. The molecule has 3 aromatic rings. The van der Waals surface area contributed by atoms with Crippen molar-refractivity contribution in [2.24, 2.45) is 5.92 Å². The fraction of sp³-hybridized carbons (Fsp3) is 0.286. The van der Waals surface area contributed by atoms with E-state index in [2.05, 4.69) is 14.9 Å². The van der Waals surface area contributed by atoms with Gasteiger partial charge in [-0.15, -0.1) is 11.3 Å². The highest BCUT2D eigenvalue weighted by Crippen LogP contribution is 2.26. The number of pyridine rings is 1. The lowest BCUT2D eigenvalue weighted by atomic mass is 10.1. The van der Waals surface area contributed by atoms with Crippen molar-refractivity contribution in [3.05, 3.63) is 65.0 Å². The number of aromatic nitrogens is 2. The van der Waals surface area contributed by atoms with Crippen molar-refractivity contribution in [2.75, 3.05) is 24.5 Å². The van der Waals surface area contributed by atoms with Crippen molar-refractivity contribution < 1.29 is 14.3 Å². The molecule has 0 saturated carbocycles. The summed E-state index contributed by atoms with van der Waals surface area (Å²) in [6.45, 7) is 2.42. The van der Waals surface area contributed by atoms with Gasteiger partial charge in [0.1, 0.15) is 11.6 Å². The molecule has 1 fully saturated rings. The van der Waals surface area contributed by atoms with Gasteiger partial charge in [0.2, 0.25) is 0 Å². The fourth-order valence-corrected chi connectivity index (χ4v) is 4.16. The maximum atomic E-state index is 13.1. The molecule has 6 nitrogen and oxygen atoms in total. The van der Waals surface area contributed by atoms with E-state index in [4.69, 9.17) is 0 Å². The molecule has 0 radical (unpaired) electrons. The predicted octanol–water partition coefficient (Wildman–Crippen LogP) is 4.35. The summed E-state index contributed by atoms with van der Waals surface area (Å²) in [5.74, 6) is 0.870. The minimum atomic E-state index is -0.918. The first kappa shape index (κ1) is 19.3. The molecule has 0 bridgehead atoms. The van der Waals surface area contributed by atoms with Crippen LogP contribution in [0.2, 0.25) is 0 Å². The molecule has 1 amide bonds. The number of nitrogens with zero attached hydrogens (tertiary/aromatic N) is 4. The van der Waals surface area contributed by atoms with Crippen LogP contribution in [0.5, 0.6) is 0 Å². The summed E-state index contributed by atoms with van der Waals surface area (Å²) in [5, 5.41) is 11.4. The highest BCUT2D eigenvalue weighted by atomic mass is 32.1.